The molecule has 1 amide bonds. The summed E-state index contributed by atoms with van der Waals surface area (Å²) in [6, 6.07) is 0.00458. The van der Waals surface area contributed by atoms with Gasteiger partial charge in [0.15, 0.2) is 0 Å². The average Bonchev–Trinajstić information content (AvgIpc) is 2.13. The number of carbonyl (C=O) groups excluding carboxylic acids is 1. The third-order valence-electron chi connectivity index (χ3n) is 2.57. The van der Waals surface area contributed by atoms with Gasteiger partial charge in [-0.05, 0) is 11.8 Å². The minimum atomic E-state index is -0.263. The van der Waals surface area contributed by atoms with Crippen LogP contribution in [0.5, 0.6) is 0 Å². The highest BCUT2D eigenvalue weighted by molar-refractivity contribution is 5.80. The number of nitrogens with zero attached hydrogens (tertiary/aromatic N) is 1. The van der Waals surface area contributed by atoms with Gasteiger partial charge in [0.25, 0.3) is 0 Å². The molecule has 0 aromatic carbocycles. The first-order chi connectivity index (χ1) is 8.22. The number of hydrogen-bond acceptors (Lipinski definition) is 3. The van der Waals surface area contributed by atoms with Crippen LogP contribution >= 0.6 is 0 Å². The Hall–Kier alpha value is -0.610. The van der Waals surface area contributed by atoms with E-state index in [0.717, 1.165) is 13.1 Å². The van der Waals surface area contributed by atoms with Gasteiger partial charge in [-0.25, -0.2) is 0 Å². The van der Waals surface area contributed by atoms with Gasteiger partial charge in [-0.3, -0.25) is 4.79 Å². The van der Waals surface area contributed by atoms with Gasteiger partial charge in [0.2, 0.25) is 5.91 Å². The van der Waals surface area contributed by atoms with Crippen molar-refractivity contribution in [3.8, 4) is 0 Å². The summed E-state index contributed by atoms with van der Waals surface area (Å²) >= 11 is 0. The highest BCUT2D eigenvalue weighted by atomic mass is 16.1. The van der Waals surface area contributed by atoms with E-state index in [2.05, 4.69) is 37.9 Å². The van der Waals surface area contributed by atoms with E-state index in [4.69, 9.17) is 5.73 Å². The molecule has 0 aromatic heterocycles. The summed E-state index contributed by atoms with van der Waals surface area (Å²) in [7, 11) is 0. The standard InChI is InChI=1S/C14H31N3O/c1-10(2)7-17(8-11(3)4)9-13(14(15)18)16-12(5)6/h10-13,16H,7-9H2,1-6H3,(H2,15,18). The Morgan fingerprint density at radius 1 is 1.00 bits per heavy atom. The van der Waals surface area contributed by atoms with E-state index in [1.165, 1.54) is 0 Å². The highest BCUT2D eigenvalue weighted by Crippen LogP contribution is 2.05. The monoisotopic (exact) mass is 257 g/mol. The van der Waals surface area contributed by atoms with Crippen LogP contribution in [0.15, 0.2) is 0 Å². The quantitative estimate of drug-likeness (QED) is 0.657. The molecular weight excluding hydrogens is 226 g/mol. The van der Waals surface area contributed by atoms with Crippen LogP contribution in [-0.4, -0.2) is 42.5 Å². The van der Waals surface area contributed by atoms with Crippen LogP contribution in [0.3, 0.4) is 0 Å². The third kappa shape index (κ3) is 8.48. The van der Waals surface area contributed by atoms with Crippen LogP contribution in [-0.2, 0) is 4.79 Å². The second-order valence-corrected chi connectivity index (χ2v) is 6.28. The van der Waals surface area contributed by atoms with Gasteiger partial charge >= 0.3 is 0 Å². The normalized spacial score (nSPS) is 13.9. The lowest BCUT2D eigenvalue weighted by atomic mass is 10.1. The molecule has 0 saturated heterocycles. The molecule has 0 spiro atoms. The maximum atomic E-state index is 11.5. The minimum Gasteiger partial charge on any atom is -0.368 e. The highest BCUT2D eigenvalue weighted by Gasteiger charge is 2.20. The van der Waals surface area contributed by atoms with E-state index in [-0.39, 0.29) is 18.0 Å². The molecule has 0 fully saturated rings. The van der Waals surface area contributed by atoms with E-state index < -0.39 is 0 Å². The van der Waals surface area contributed by atoms with Crippen LogP contribution in [0.1, 0.15) is 41.5 Å². The van der Waals surface area contributed by atoms with Crippen molar-refractivity contribution in [1.82, 2.24) is 10.2 Å². The molecule has 1 atom stereocenters. The second kappa shape index (κ2) is 8.48. The van der Waals surface area contributed by atoms with Crippen LogP contribution in [0.2, 0.25) is 0 Å². The molecule has 4 heteroatoms. The topological polar surface area (TPSA) is 58.4 Å². The minimum absolute atomic E-state index is 0.262. The molecule has 0 radical (unpaired) electrons. The molecule has 0 aliphatic carbocycles. The maximum absolute atomic E-state index is 11.5. The molecule has 3 N–H and O–H groups in total. The SMILES string of the molecule is CC(C)CN(CC(C)C)CC(NC(C)C)C(N)=O. The van der Waals surface area contributed by atoms with E-state index in [0.29, 0.717) is 18.4 Å². The number of rotatable bonds is 9. The predicted molar refractivity (Wildman–Crippen MR) is 77.4 cm³/mol. The molecule has 1 unspecified atom stereocenters. The van der Waals surface area contributed by atoms with Crippen molar-refractivity contribution in [1.29, 1.82) is 0 Å². The number of nitrogens with two attached hydrogens (primary N) is 1. The summed E-state index contributed by atoms with van der Waals surface area (Å²) in [5.41, 5.74) is 5.47. The zero-order valence-electron chi connectivity index (χ0n) is 12.9. The summed E-state index contributed by atoms with van der Waals surface area (Å²) in [5.74, 6) is 0.925. The third-order valence-corrected chi connectivity index (χ3v) is 2.57. The van der Waals surface area contributed by atoms with Crippen molar-refractivity contribution in [3.63, 3.8) is 0 Å². The molecule has 18 heavy (non-hydrogen) atoms. The van der Waals surface area contributed by atoms with E-state index in [9.17, 15) is 4.79 Å². The first-order valence-corrected chi connectivity index (χ1v) is 7.00. The van der Waals surface area contributed by atoms with Crippen molar-refractivity contribution in [2.75, 3.05) is 19.6 Å². The lowest BCUT2D eigenvalue weighted by Gasteiger charge is -2.30. The molecule has 0 saturated carbocycles. The zero-order chi connectivity index (χ0) is 14.3. The van der Waals surface area contributed by atoms with E-state index >= 15 is 0 Å². The van der Waals surface area contributed by atoms with Gasteiger partial charge in [0.05, 0.1) is 6.04 Å². The molecule has 0 rings (SSSR count). The first kappa shape index (κ1) is 17.4. The molecule has 0 aliphatic heterocycles. The van der Waals surface area contributed by atoms with Crippen molar-refractivity contribution in [2.45, 2.75) is 53.6 Å². The Labute approximate surface area is 112 Å². The number of nitrogens with one attached hydrogen (secondary N) is 1. The summed E-state index contributed by atoms with van der Waals surface area (Å²) in [5, 5.41) is 3.24. The van der Waals surface area contributed by atoms with Gasteiger partial charge in [-0.15, -0.1) is 0 Å². The molecule has 0 bridgehead atoms. The number of carbonyl (C=O) groups is 1. The smallest absolute Gasteiger partial charge is 0.235 e. The molecule has 0 aliphatic rings. The Bertz CT molecular complexity index is 229. The Kier molecular flexibility index (Phi) is 8.20. The Morgan fingerprint density at radius 2 is 1.44 bits per heavy atom. The maximum Gasteiger partial charge on any atom is 0.235 e. The van der Waals surface area contributed by atoms with E-state index in [1.54, 1.807) is 0 Å². The van der Waals surface area contributed by atoms with Gasteiger partial charge in [-0.1, -0.05) is 41.5 Å². The van der Waals surface area contributed by atoms with Gasteiger partial charge < -0.3 is 16.0 Å². The van der Waals surface area contributed by atoms with Gasteiger partial charge in [0, 0.05) is 25.7 Å². The first-order valence-electron chi connectivity index (χ1n) is 7.00. The molecule has 4 nitrogen and oxygen atoms in total. The Morgan fingerprint density at radius 3 is 1.72 bits per heavy atom. The summed E-state index contributed by atoms with van der Waals surface area (Å²) in [4.78, 5) is 13.8. The number of hydrogen-bond donors (Lipinski definition) is 2. The lowest BCUT2D eigenvalue weighted by Crippen LogP contribution is -2.52. The van der Waals surface area contributed by atoms with Crippen molar-refractivity contribution in [3.05, 3.63) is 0 Å². The average molecular weight is 257 g/mol. The van der Waals surface area contributed by atoms with Crippen LogP contribution in [0, 0.1) is 11.8 Å². The van der Waals surface area contributed by atoms with Crippen molar-refractivity contribution < 1.29 is 4.79 Å². The second-order valence-electron chi connectivity index (χ2n) is 6.28. The number of amides is 1. The zero-order valence-corrected chi connectivity index (χ0v) is 12.9. The lowest BCUT2D eigenvalue weighted by molar-refractivity contribution is -0.120. The molecule has 0 heterocycles. The Balaban J connectivity index is 4.52. The molecular formula is C14H31N3O. The largest absolute Gasteiger partial charge is 0.368 e. The van der Waals surface area contributed by atoms with E-state index in [1.807, 2.05) is 13.8 Å². The fraction of sp³-hybridized carbons (Fsp3) is 0.929. The van der Waals surface area contributed by atoms with Crippen molar-refractivity contribution in [2.24, 2.45) is 17.6 Å². The predicted octanol–water partition coefficient (Wildman–Crippen LogP) is 1.45. The summed E-state index contributed by atoms with van der Waals surface area (Å²) in [6.45, 7) is 15.6. The molecule has 108 valence electrons. The summed E-state index contributed by atoms with van der Waals surface area (Å²) in [6.07, 6.45) is 0. The molecule has 0 aromatic rings. The van der Waals surface area contributed by atoms with Crippen LogP contribution in [0.4, 0.5) is 0 Å². The van der Waals surface area contributed by atoms with Crippen molar-refractivity contribution >= 4 is 5.91 Å². The van der Waals surface area contributed by atoms with Crippen LogP contribution in [0.25, 0.3) is 0 Å². The fourth-order valence-electron chi connectivity index (χ4n) is 2.14. The summed E-state index contributed by atoms with van der Waals surface area (Å²) < 4.78 is 0. The van der Waals surface area contributed by atoms with Gasteiger partial charge in [0.1, 0.15) is 0 Å². The number of primary amides is 1. The fourth-order valence-corrected chi connectivity index (χ4v) is 2.14. The van der Waals surface area contributed by atoms with Crippen LogP contribution < -0.4 is 11.1 Å². The van der Waals surface area contributed by atoms with Gasteiger partial charge in [-0.2, -0.15) is 0 Å².